The van der Waals surface area contributed by atoms with Gasteiger partial charge in [-0.1, -0.05) is 0 Å². The predicted octanol–water partition coefficient (Wildman–Crippen LogP) is 2.11. The zero-order chi connectivity index (χ0) is 9.31. The summed E-state index contributed by atoms with van der Waals surface area (Å²) in [5.41, 5.74) is 2.37. The van der Waals surface area contributed by atoms with Crippen LogP contribution in [0.3, 0.4) is 0 Å². The first kappa shape index (κ1) is 8.56. The van der Waals surface area contributed by atoms with Crippen molar-refractivity contribution in [2.45, 2.75) is 11.2 Å². The summed E-state index contributed by atoms with van der Waals surface area (Å²) in [6.07, 6.45) is 2.12. The average molecular weight is 234 g/mol. The minimum atomic E-state index is -0.266. The van der Waals surface area contributed by atoms with Gasteiger partial charge in [0.1, 0.15) is 0 Å². The quantitative estimate of drug-likeness (QED) is 0.631. The van der Waals surface area contributed by atoms with Crippen molar-refractivity contribution in [3.8, 4) is 6.07 Å². The molecule has 0 spiro atoms. The molecule has 1 nitrogen and oxygen atoms in total. The van der Waals surface area contributed by atoms with Crippen molar-refractivity contribution >= 4 is 21.0 Å². The molecule has 1 aromatic rings. The Morgan fingerprint density at radius 3 is 2.92 bits per heavy atom. The second-order valence-corrected chi connectivity index (χ2v) is 5.93. The van der Waals surface area contributed by atoms with E-state index in [-0.39, 0.29) is 19.3 Å². The number of nitrogens with zero attached hydrogens (tertiary/aromatic N) is 1. The molecule has 0 aliphatic carbocycles. The standard InChI is InChI=1S/C11H9NSe/c1-11(8-12)10-5-3-2-4-9(10)6-7-13-11/h2-7H,1H3. The fourth-order valence-electron chi connectivity index (χ4n) is 1.47. The number of nitriles is 1. The third-order valence-corrected chi connectivity index (χ3v) is 4.45. The molecule has 2 heteroatoms. The topological polar surface area (TPSA) is 23.8 Å². The van der Waals surface area contributed by atoms with Crippen LogP contribution in [-0.2, 0) is 4.31 Å². The number of fused-ring (bicyclic) bond motifs is 1. The third kappa shape index (κ3) is 1.31. The first-order chi connectivity index (χ1) is 6.26. The Bertz CT molecular complexity index is 403. The second-order valence-electron chi connectivity index (χ2n) is 3.15. The molecular weight excluding hydrogens is 225 g/mol. The number of benzene rings is 1. The number of hydrogen-bond acceptors (Lipinski definition) is 1. The molecule has 0 saturated heterocycles. The van der Waals surface area contributed by atoms with Crippen molar-refractivity contribution in [2.24, 2.45) is 0 Å². The van der Waals surface area contributed by atoms with Gasteiger partial charge in [0.05, 0.1) is 0 Å². The number of hydrogen-bond donors (Lipinski definition) is 0. The summed E-state index contributed by atoms with van der Waals surface area (Å²) < 4.78 is -0.266. The van der Waals surface area contributed by atoms with E-state index in [0.717, 1.165) is 0 Å². The van der Waals surface area contributed by atoms with Crippen LogP contribution in [0.1, 0.15) is 18.1 Å². The van der Waals surface area contributed by atoms with Crippen LogP contribution in [-0.4, -0.2) is 15.0 Å². The maximum atomic E-state index is 9.13. The average Bonchev–Trinajstić information content (AvgIpc) is 2.19. The van der Waals surface area contributed by atoms with Crippen molar-refractivity contribution in [1.82, 2.24) is 0 Å². The van der Waals surface area contributed by atoms with E-state index in [1.54, 1.807) is 0 Å². The molecule has 0 fully saturated rings. The monoisotopic (exact) mass is 235 g/mol. The summed E-state index contributed by atoms with van der Waals surface area (Å²) in [5, 5.41) is 9.13. The molecule has 1 unspecified atom stereocenters. The van der Waals surface area contributed by atoms with Crippen molar-refractivity contribution < 1.29 is 0 Å². The van der Waals surface area contributed by atoms with Crippen LogP contribution < -0.4 is 0 Å². The summed E-state index contributed by atoms with van der Waals surface area (Å²) in [7, 11) is 0. The van der Waals surface area contributed by atoms with E-state index in [1.165, 1.54) is 11.1 Å². The van der Waals surface area contributed by atoms with Crippen LogP contribution in [0.15, 0.2) is 29.2 Å². The van der Waals surface area contributed by atoms with Gasteiger partial charge in [-0.05, 0) is 0 Å². The second kappa shape index (κ2) is 3.03. The van der Waals surface area contributed by atoms with Gasteiger partial charge >= 0.3 is 84.0 Å². The molecule has 1 aliphatic rings. The summed E-state index contributed by atoms with van der Waals surface area (Å²) >= 11 is 0.260. The number of rotatable bonds is 0. The fraction of sp³-hybridized carbons (Fsp3) is 0.182. The van der Waals surface area contributed by atoms with E-state index in [2.05, 4.69) is 29.3 Å². The van der Waals surface area contributed by atoms with Crippen LogP contribution in [0.4, 0.5) is 0 Å². The fourth-order valence-corrected chi connectivity index (χ4v) is 3.26. The van der Waals surface area contributed by atoms with Gasteiger partial charge < -0.3 is 0 Å². The molecule has 64 valence electrons. The van der Waals surface area contributed by atoms with Crippen molar-refractivity contribution in [1.29, 1.82) is 5.26 Å². The van der Waals surface area contributed by atoms with E-state index in [0.29, 0.717) is 0 Å². The van der Waals surface area contributed by atoms with Gasteiger partial charge in [0.25, 0.3) is 0 Å². The zero-order valence-corrected chi connectivity index (χ0v) is 9.03. The minimum absolute atomic E-state index is 0.260. The Kier molecular flexibility index (Phi) is 2.00. The van der Waals surface area contributed by atoms with Gasteiger partial charge in [-0.3, -0.25) is 0 Å². The van der Waals surface area contributed by atoms with Gasteiger partial charge in [0.2, 0.25) is 0 Å². The van der Waals surface area contributed by atoms with E-state index in [4.69, 9.17) is 5.26 Å². The van der Waals surface area contributed by atoms with Crippen LogP contribution in [0.5, 0.6) is 0 Å². The van der Waals surface area contributed by atoms with E-state index >= 15 is 0 Å². The summed E-state index contributed by atoms with van der Waals surface area (Å²) in [6.45, 7) is 2.02. The van der Waals surface area contributed by atoms with Crippen molar-refractivity contribution in [3.63, 3.8) is 0 Å². The van der Waals surface area contributed by atoms with Crippen LogP contribution >= 0.6 is 0 Å². The molecular formula is C11H9NSe. The normalized spacial score (nSPS) is 24.9. The Morgan fingerprint density at radius 2 is 2.15 bits per heavy atom. The molecule has 1 aromatic carbocycles. The van der Waals surface area contributed by atoms with Crippen molar-refractivity contribution in [2.75, 3.05) is 0 Å². The Labute approximate surface area is 84.2 Å². The van der Waals surface area contributed by atoms with Gasteiger partial charge in [0, 0.05) is 0 Å². The van der Waals surface area contributed by atoms with E-state index in [9.17, 15) is 0 Å². The summed E-state index contributed by atoms with van der Waals surface area (Å²) in [5.74, 6) is 0. The van der Waals surface area contributed by atoms with Gasteiger partial charge in [-0.15, -0.1) is 0 Å². The molecule has 1 atom stereocenters. The van der Waals surface area contributed by atoms with Crippen LogP contribution in [0.25, 0.3) is 6.08 Å². The predicted molar refractivity (Wildman–Crippen MR) is 54.2 cm³/mol. The van der Waals surface area contributed by atoms with Crippen molar-refractivity contribution in [3.05, 3.63) is 40.4 Å². The third-order valence-electron chi connectivity index (χ3n) is 2.24. The molecule has 0 N–H and O–H groups in total. The zero-order valence-electron chi connectivity index (χ0n) is 7.32. The Balaban J connectivity index is 2.64. The van der Waals surface area contributed by atoms with E-state index < -0.39 is 0 Å². The SMILES string of the molecule is CC1(C#N)[Se]C=Cc2ccccc21. The van der Waals surface area contributed by atoms with Gasteiger partial charge in [-0.2, -0.15) is 0 Å². The molecule has 0 radical (unpaired) electrons. The van der Waals surface area contributed by atoms with Gasteiger partial charge in [0.15, 0.2) is 0 Å². The van der Waals surface area contributed by atoms with Crippen LogP contribution in [0.2, 0.25) is 0 Å². The van der Waals surface area contributed by atoms with Crippen LogP contribution in [0, 0.1) is 11.3 Å². The molecule has 0 amide bonds. The molecule has 0 bridgehead atoms. The first-order valence-corrected chi connectivity index (χ1v) is 5.96. The molecule has 13 heavy (non-hydrogen) atoms. The molecule has 1 heterocycles. The molecule has 1 aliphatic heterocycles. The first-order valence-electron chi connectivity index (χ1n) is 4.11. The summed E-state index contributed by atoms with van der Waals surface area (Å²) in [6, 6.07) is 10.6. The van der Waals surface area contributed by atoms with E-state index in [1.807, 2.05) is 19.1 Å². The molecule has 2 rings (SSSR count). The van der Waals surface area contributed by atoms with Gasteiger partial charge in [-0.25, -0.2) is 0 Å². The summed E-state index contributed by atoms with van der Waals surface area (Å²) in [4.78, 5) is 2.14. The Hall–Kier alpha value is -1.03. The molecule has 0 saturated carbocycles. The molecule has 0 aromatic heterocycles. The Morgan fingerprint density at radius 1 is 1.38 bits per heavy atom. The maximum absolute atomic E-state index is 9.13.